The van der Waals surface area contributed by atoms with Gasteiger partial charge in [-0.3, -0.25) is 0 Å². The molecule has 42 heavy (non-hydrogen) atoms. The Morgan fingerprint density at radius 3 is 1.83 bits per heavy atom. The molecule has 4 nitrogen and oxygen atoms in total. The molecule has 0 spiro atoms. The number of unbranched alkanes of at least 4 members (excludes halogenated alkanes) is 3. The normalized spacial score (nSPS) is 16.5. The summed E-state index contributed by atoms with van der Waals surface area (Å²) in [7, 11) is 0. The summed E-state index contributed by atoms with van der Waals surface area (Å²) in [5.41, 5.74) is 4.96. The zero-order chi connectivity index (χ0) is 29.9. The first-order valence-electron chi connectivity index (χ1n) is 14.5. The van der Waals surface area contributed by atoms with E-state index in [1.807, 2.05) is 24.3 Å². The number of nitrogens with zero attached hydrogens (tertiary/aromatic N) is 2. The molecule has 0 aliphatic carbocycles. The Bertz CT molecular complexity index is 1890. The minimum Gasteiger partial charge on any atom is -0.440 e. The van der Waals surface area contributed by atoms with Crippen LogP contribution >= 0.6 is 46.4 Å². The van der Waals surface area contributed by atoms with Crippen LogP contribution in [0.5, 0.6) is 0 Å². The van der Waals surface area contributed by atoms with Crippen molar-refractivity contribution in [1.82, 2.24) is 9.13 Å². The molecule has 0 saturated heterocycles. The van der Waals surface area contributed by atoms with E-state index in [0.717, 1.165) is 76.7 Å². The van der Waals surface area contributed by atoms with E-state index in [1.54, 1.807) is 0 Å². The van der Waals surface area contributed by atoms with Crippen LogP contribution in [0, 0.1) is 13.8 Å². The molecule has 1 aliphatic rings. The van der Waals surface area contributed by atoms with Crippen molar-refractivity contribution in [1.29, 1.82) is 0 Å². The number of hydrogen-bond acceptors (Lipinski definition) is 2. The molecule has 2 aromatic heterocycles. The number of esters is 1. The summed E-state index contributed by atoms with van der Waals surface area (Å²) < 4.78 is 11.3. The predicted molar refractivity (Wildman–Crippen MR) is 175 cm³/mol. The molecular weight excluding hydrogens is 610 g/mol. The van der Waals surface area contributed by atoms with Gasteiger partial charge in [0.2, 0.25) is 0 Å². The molecule has 0 saturated carbocycles. The predicted octanol–water partition coefficient (Wildman–Crippen LogP) is 10.9. The Morgan fingerprint density at radius 2 is 1.24 bits per heavy atom. The minimum absolute atomic E-state index is 0.0395. The zero-order valence-electron chi connectivity index (χ0n) is 24.1. The van der Waals surface area contributed by atoms with E-state index in [1.165, 1.54) is 6.42 Å². The molecule has 8 heteroatoms. The smallest absolute Gasteiger partial charge is 0.341 e. The average molecular weight is 642 g/mol. The Hall–Kier alpha value is -2.63. The number of cyclic esters (lactones) is 1. The molecule has 218 valence electrons. The van der Waals surface area contributed by atoms with Crippen LogP contribution in [0.1, 0.15) is 78.0 Å². The van der Waals surface area contributed by atoms with Crippen molar-refractivity contribution in [2.45, 2.75) is 72.1 Å². The average Bonchev–Trinajstić information content (AvgIpc) is 3.56. The molecule has 0 radical (unpaired) electrons. The Labute approximate surface area is 266 Å². The summed E-state index contributed by atoms with van der Waals surface area (Å²) in [6, 6.07) is 16.5. The maximum Gasteiger partial charge on any atom is 0.341 e. The number of hydrogen-bond donors (Lipinski definition) is 0. The molecule has 0 bridgehead atoms. The highest BCUT2D eigenvalue weighted by molar-refractivity contribution is 6.53. The van der Waals surface area contributed by atoms with Crippen molar-refractivity contribution in [3.8, 4) is 0 Å². The van der Waals surface area contributed by atoms with E-state index in [4.69, 9.17) is 51.1 Å². The summed E-state index contributed by atoms with van der Waals surface area (Å²) in [5.74, 6) is -0.581. The molecule has 3 heterocycles. The lowest BCUT2D eigenvalue weighted by molar-refractivity contribution is 0.0256. The lowest BCUT2D eigenvalue weighted by atomic mass is 9.77. The fraction of sp³-hybridized carbons (Fsp3) is 0.324. The second-order valence-corrected chi connectivity index (χ2v) is 12.5. The summed E-state index contributed by atoms with van der Waals surface area (Å²) in [4.78, 5) is 14.0. The van der Waals surface area contributed by atoms with Gasteiger partial charge in [0.15, 0.2) is 5.60 Å². The Balaban J connectivity index is 1.81. The van der Waals surface area contributed by atoms with Gasteiger partial charge in [0.05, 0.1) is 25.7 Å². The maximum absolute atomic E-state index is 14.0. The van der Waals surface area contributed by atoms with Gasteiger partial charge < -0.3 is 13.9 Å². The van der Waals surface area contributed by atoms with Crippen LogP contribution in [0.2, 0.25) is 20.1 Å². The van der Waals surface area contributed by atoms with Crippen molar-refractivity contribution in [3.05, 3.63) is 102 Å². The van der Waals surface area contributed by atoms with Crippen LogP contribution in [0.3, 0.4) is 0 Å². The van der Waals surface area contributed by atoms with Crippen molar-refractivity contribution in [2.75, 3.05) is 0 Å². The van der Waals surface area contributed by atoms with Gasteiger partial charge in [-0.05, 0) is 39.3 Å². The monoisotopic (exact) mass is 640 g/mol. The van der Waals surface area contributed by atoms with E-state index in [0.29, 0.717) is 5.56 Å². The van der Waals surface area contributed by atoms with Crippen LogP contribution < -0.4 is 0 Å². The van der Waals surface area contributed by atoms with Crippen LogP contribution in [0.15, 0.2) is 48.5 Å². The maximum atomic E-state index is 14.0. The standard InChI is InChI=1S/C34H32Cl4N2O2/c1-5-7-8-13-18-40-20(4)27(22-15-10-12-17-24(22)40)34(26-19(3)39(6-2)23-16-11-9-14-21(23)26)28-25(33(41)42-34)29(35)31(37)32(38)30(28)36/h9-12,14-17H,5-8,13,18H2,1-4H3. The van der Waals surface area contributed by atoms with Gasteiger partial charge >= 0.3 is 5.97 Å². The fourth-order valence-electron chi connectivity index (χ4n) is 7.02. The van der Waals surface area contributed by atoms with Gasteiger partial charge in [-0.15, -0.1) is 0 Å². The number of fused-ring (bicyclic) bond motifs is 3. The molecule has 0 N–H and O–H groups in total. The van der Waals surface area contributed by atoms with Gasteiger partial charge in [0, 0.05) is 63.0 Å². The largest absolute Gasteiger partial charge is 0.440 e. The van der Waals surface area contributed by atoms with E-state index < -0.39 is 11.6 Å². The SMILES string of the molecule is CCCCCCn1c(C)c(C2(c3c(C)n(CC)c4ccccc34)OC(=O)c3c(Cl)c(Cl)c(Cl)c(Cl)c32)c2ccccc21. The van der Waals surface area contributed by atoms with Gasteiger partial charge in [-0.1, -0.05) is 109 Å². The third kappa shape index (κ3) is 4.06. The second kappa shape index (κ2) is 11.1. The number of aryl methyl sites for hydroxylation is 2. The number of carbonyl (C=O) groups excluding carboxylic acids is 1. The zero-order valence-corrected chi connectivity index (χ0v) is 27.1. The van der Waals surface area contributed by atoms with Crippen molar-refractivity contribution < 1.29 is 9.53 Å². The van der Waals surface area contributed by atoms with Crippen LogP contribution in [-0.4, -0.2) is 15.1 Å². The van der Waals surface area contributed by atoms with E-state index in [9.17, 15) is 4.79 Å². The highest BCUT2D eigenvalue weighted by atomic mass is 35.5. The highest BCUT2D eigenvalue weighted by Crippen LogP contribution is 2.59. The first-order chi connectivity index (χ1) is 20.2. The lowest BCUT2D eigenvalue weighted by Crippen LogP contribution is -2.32. The molecule has 6 rings (SSSR count). The van der Waals surface area contributed by atoms with Crippen molar-refractivity contribution in [3.63, 3.8) is 0 Å². The number of rotatable bonds is 8. The molecule has 0 amide bonds. The lowest BCUT2D eigenvalue weighted by Gasteiger charge is -2.32. The molecule has 0 fully saturated rings. The number of para-hydroxylation sites is 2. The molecule has 1 aliphatic heterocycles. The van der Waals surface area contributed by atoms with Crippen molar-refractivity contribution in [2.24, 2.45) is 0 Å². The minimum atomic E-state index is -1.43. The third-order valence-corrected chi connectivity index (χ3v) is 10.6. The van der Waals surface area contributed by atoms with Gasteiger partial charge in [-0.2, -0.15) is 0 Å². The van der Waals surface area contributed by atoms with Crippen LogP contribution in [0.25, 0.3) is 21.8 Å². The van der Waals surface area contributed by atoms with Crippen LogP contribution in [0.4, 0.5) is 0 Å². The quantitative estimate of drug-likeness (QED) is 0.0731. The molecular formula is C34H32Cl4N2O2. The summed E-state index contributed by atoms with van der Waals surface area (Å²) in [6.45, 7) is 10.1. The fourth-order valence-corrected chi connectivity index (χ4v) is 8.08. The molecule has 1 unspecified atom stereocenters. The number of ether oxygens (including phenoxy) is 1. The summed E-state index contributed by atoms with van der Waals surface area (Å²) >= 11 is 27.2. The number of aromatic nitrogens is 2. The van der Waals surface area contributed by atoms with Gasteiger partial charge in [0.25, 0.3) is 0 Å². The highest BCUT2D eigenvalue weighted by Gasteiger charge is 2.56. The number of halogens is 4. The molecule has 3 aromatic carbocycles. The second-order valence-electron chi connectivity index (χ2n) is 11.0. The topological polar surface area (TPSA) is 36.2 Å². The molecule has 5 aromatic rings. The van der Waals surface area contributed by atoms with E-state index in [-0.39, 0.29) is 25.7 Å². The first kappa shape index (κ1) is 29.4. The molecule has 1 atom stereocenters. The Kier molecular flexibility index (Phi) is 7.81. The van der Waals surface area contributed by atoms with Crippen molar-refractivity contribution >= 4 is 74.2 Å². The van der Waals surface area contributed by atoms with Gasteiger partial charge in [-0.25, -0.2) is 4.79 Å². The van der Waals surface area contributed by atoms with E-state index in [2.05, 4.69) is 61.1 Å². The summed E-state index contributed by atoms with van der Waals surface area (Å²) in [6.07, 6.45) is 4.52. The van der Waals surface area contributed by atoms with Gasteiger partial charge in [0.1, 0.15) is 0 Å². The number of carbonyl (C=O) groups is 1. The first-order valence-corrected chi connectivity index (χ1v) is 16.0. The summed E-state index contributed by atoms with van der Waals surface area (Å²) in [5, 5.41) is 2.30. The van der Waals surface area contributed by atoms with Crippen LogP contribution in [-0.2, 0) is 23.4 Å². The van der Waals surface area contributed by atoms with E-state index >= 15 is 0 Å². The Morgan fingerprint density at radius 1 is 0.690 bits per heavy atom. The number of benzene rings is 3. The third-order valence-electron chi connectivity index (χ3n) is 8.79.